The molecular formula is C16H22N4O. The second-order valence-corrected chi connectivity index (χ2v) is 5.59. The zero-order chi connectivity index (χ0) is 14.8. The van der Waals surface area contributed by atoms with Gasteiger partial charge >= 0.3 is 0 Å². The number of para-hydroxylation sites is 1. The van der Waals surface area contributed by atoms with Gasteiger partial charge in [0.15, 0.2) is 5.82 Å². The topological polar surface area (TPSA) is 52.0 Å². The Morgan fingerprint density at radius 3 is 2.95 bits per heavy atom. The summed E-state index contributed by atoms with van der Waals surface area (Å²) in [7, 11) is 0. The van der Waals surface area contributed by atoms with Gasteiger partial charge in [-0.3, -0.25) is 0 Å². The number of rotatable bonds is 4. The molecule has 0 amide bonds. The number of nitrogens with zero attached hydrogens (tertiary/aromatic N) is 3. The number of aromatic nitrogens is 3. The maximum Gasteiger partial charge on any atom is 0.221 e. The molecule has 2 heterocycles. The zero-order valence-electron chi connectivity index (χ0n) is 12.8. The first kappa shape index (κ1) is 13.9. The predicted molar refractivity (Wildman–Crippen MR) is 83.0 cm³/mol. The van der Waals surface area contributed by atoms with E-state index in [-0.39, 0.29) is 6.04 Å². The van der Waals surface area contributed by atoms with Gasteiger partial charge in [-0.25, -0.2) is 4.68 Å². The third kappa shape index (κ3) is 2.60. The molecule has 0 spiro atoms. The van der Waals surface area contributed by atoms with E-state index in [1.165, 1.54) is 5.56 Å². The number of hydrogen-bond acceptors (Lipinski definition) is 4. The summed E-state index contributed by atoms with van der Waals surface area (Å²) in [5.41, 5.74) is 1.18. The number of ether oxygens (including phenoxy) is 1. The molecular weight excluding hydrogens is 264 g/mol. The zero-order valence-corrected chi connectivity index (χ0v) is 12.8. The highest BCUT2D eigenvalue weighted by Crippen LogP contribution is 2.34. The lowest BCUT2D eigenvalue weighted by molar-refractivity contribution is 0.328. The molecule has 1 atom stereocenters. The van der Waals surface area contributed by atoms with Crippen molar-refractivity contribution in [2.75, 3.05) is 18.5 Å². The van der Waals surface area contributed by atoms with Crippen molar-refractivity contribution in [2.45, 2.75) is 39.2 Å². The molecule has 5 nitrogen and oxygen atoms in total. The molecule has 0 saturated carbocycles. The molecule has 0 aliphatic carbocycles. The Morgan fingerprint density at radius 1 is 1.38 bits per heavy atom. The largest absolute Gasteiger partial charge is 0.494 e. The number of benzene rings is 1. The molecule has 1 aromatic heterocycles. The minimum absolute atomic E-state index is 0.184. The highest BCUT2D eigenvalue weighted by molar-refractivity contribution is 5.40. The van der Waals surface area contributed by atoms with Crippen molar-refractivity contribution in [2.24, 2.45) is 0 Å². The standard InChI is InChI=1S/C16H22N4O/c1-4-21-14-8-6-5-7-12(14)13-9-10-17-16-18-15(11(2)3)19-20(13)16/h5-8,11,13H,4,9-10H2,1-3H3,(H,17,18,19). The molecule has 1 N–H and O–H groups in total. The first-order valence-corrected chi connectivity index (χ1v) is 7.62. The molecule has 112 valence electrons. The van der Waals surface area contributed by atoms with Gasteiger partial charge in [0.05, 0.1) is 12.6 Å². The van der Waals surface area contributed by atoms with Gasteiger partial charge in [-0.05, 0) is 19.4 Å². The average molecular weight is 286 g/mol. The minimum atomic E-state index is 0.184. The predicted octanol–water partition coefficient (Wildman–Crippen LogP) is 3.21. The van der Waals surface area contributed by atoms with Crippen molar-refractivity contribution in [3.8, 4) is 5.75 Å². The van der Waals surface area contributed by atoms with Crippen LogP contribution < -0.4 is 10.1 Å². The van der Waals surface area contributed by atoms with Crippen LogP contribution in [-0.2, 0) is 0 Å². The Hall–Kier alpha value is -2.04. The summed E-state index contributed by atoms with van der Waals surface area (Å²) in [6, 6.07) is 8.41. The molecule has 0 radical (unpaired) electrons. The summed E-state index contributed by atoms with van der Waals surface area (Å²) >= 11 is 0. The van der Waals surface area contributed by atoms with Crippen LogP contribution in [0.25, 0.3) is 0 Å². The Bertz CT molecular complexity index is 620. The van der Waals surface area contributed by atoms with E-state index in [4.69, 9.17) is 9.84 Å². The summed E-state index contributed by atoms with van der Waals surface area (Å²) in [6.45, 7) is 7.82. The van der Waals surface area contributed by atoms with Gasteiger partial charge in [-0.2, -0.15) is 10.1 Å². The fourth-order valence-corrected chi connectivity index (χ4v) is 2.70. The third-order valence-corrected chi connectivity index (χ3v) is 3.74. The highest BCUT2D eigenvalue weighted by Gasteiger charge is 2.27. The van der Waals surface area contributed by atoms with Crippen molar-refractivity contribution < 1.29 is 4.74 Å². The molecule has 21 heavy (non-hydrogen) atoms. The van der Waals surface area contributed by atoms with Crippen LogP contribution >= 0.6 is 0 Å². The summed E-state index contributed by atoms with van der Waals surface area (Å²) in [5.74, 6) is 3.02. The summed E-state index contributed by atoms with van der Waals surface area (Å²) < 4.78 is 7.79. The Labute approximate surface area is 125 Å². The highest BCUT2D eigenvalue weighted by atomic mass is 16.5. The fraction of sp³-hybridized carbons (Fsp3) is 0.500. The lowest BCUT2D eigenvalue weighted by atomic mass is 10.0. The van der Waals surface area contributed by atoms with E-state index in [9.17, 15) is 0 Å². The van der Waals surface area contributed by atoms with Crippen LogP contribution in [0.2, 0.25) is 0 Å². The van der Waals surface area contributed by atoms with E-state index in [2.05, 4.69) is 36.3 Å². The molecule has 0 saturated heterocycles. The molecule has 1 aliphatic rings. The van der Waals surface area contributed by atoms with Gasteiger partial charge in [0, 0.05) is 18.0 Å². The molecule has 3 rings (SSSR count). The maximum atomic E-state index is 5.78. The Morgan fingerprint density at radius 2 is 2.19 bits per heavy atom. The smallest absolute Gasteiger partial charge is 0.221 e. The van der Waals surface area contributed by atoms with E-state index in [1.807, 2.05) is 23.7 Å². The van der Waals surface area contributed by atoms with Crippen LogP contribution in [-0.4, -0.2) is 27.9 Å². The average Bonchev–Trinajstić information content (AvgIpc) is 2.92. The monoisotopic (exact) mass is 286 g/mol. The second kappa shape index (κ2) is 5.76. The van der Waals surface area contributed by atoms with E-state index >= 15 is 0 Å². The molecule has 1 aromatic carbocycles. The van der Waals surface area contributed by atoms with Crippen molar-refractivity contribution in [1.29, 1.82) is 0 Å². The summed E-state index contributed by atoms with van der Waals surface area (Å²) in [5, 5.41) is 8.03. The lowest BCUT2D eigenvalue weighted by Crippen LogP contribution is -2.25. The van der Waals surface area contributed by atoms with Gasteiger partial charge in [-0.15, -0.1) is 0 Å². The Balaban J connectivity index is 2.02. The summed E-state index contributed by atoms with van der Waals surface area (Å²) in [6.07, 6.45) is 0.984. The molecule has 0 bridgehead atoms. The van der Waals surface area contributed by atoms with Crippen molar-refractivity contribution >= 4 is 5.95 Å². The van der Waals surface area contributed by atoms with Crippen LogP contribution in [0, 0.1) is 0 Å². The van der Waals surface area contributed by atoms with Crippen LogP contribution in [0.15, 0.2) is 24.3 Å². The number of hydrogen-bond donors (Lipinski definition) is 1. The van der Waals surface area contributed by atoms with Gasteiger partial charge in [-0.1, -0.05) is 32.0 Å². The summed E-state index contributed by atoms with van der Waals surface area (Å²) in [4.78, 5) is 4.60. The molecule has 1 unspecified atom stereocenters. The molecule has 2 aromatic rings. The molecule has 5 heteroatoms. The fourth-order valence-electron chi connectivity index (χ4n) is 2.70. The number of anilines is 1. The third-order valence-electron chi connectivity index (χ3n) is 3.74. The quantitative estimate of drug-likeness (QED) is 0.937. The van der Waals surface area contributed by atoms with Crippen molar-refractivity contribution in [3.63, 3.8) is 0 Å². The van der Waals surface area contributed by atoms with E-state index < -0.39 is 0 Å². The van der Waals surface area contributed by atoms with E-state index in [0.717, 1.165) is 30.5 Å². The van der Waals surface area contributed by atoms with E-state index in [0.29, 0.717) is 12.5 Å². The first-order chi connectivity index (χ1) is 10.2. The van der Waals surface area contributed by atoms with Gasteiger partial charge in [0.2, 0.25) is 5.95 Å². The second-order valence-electron chi connectivity index (χ2n) is 5.59. The normalized spacial score (nSPS) is 17.4. The van der Waals surface area contributed by atoms with Crippen molar-refractivity contribution in [1.82, 2.24) is 14.8 Å². The minimum Gasteiger partial charge on any atom is -0.494 e. The van der Waals surface area contributed by atoms with Crippen molar-refractivity contribution in [3.05, 3.63) is 35.7 Å². The maximum absolute atomic E-state index is 5.78. The van der Waals surface area contributed by atoms with Gasteiger partial charge in [0.25, 0.3) is 0 Å². The van der Waals surface area contributed by atoms with Gasteiger partial charge in [0.1, 0.15) is 5.75 Å². The molecule has 1 aliphatic heterocycles. The number of nitrogens with one attached hydrogen (secondary N) is 1. The number of fused-ring (bicyclic) bond motifs is 1. The van der Waals surface area contributed by atoms with Crippen LogP contribution in [0.5, 0.6) is 5.75 Å². The lowest BCUT2D eigenvalue weighted by Gasteiger charge is -2.26. The van der Waals surface area contributed by atoms with Crippen LogP contribution in [0.3, 0.4) is 0 Å². The SMILES string of the molecule is CCOc1ccccc1C1CCNc2nc(C(C)C)nn21. The first-order valence-electron chi connectivity index (χ1n) is 7.62. The van der Waals surface area contributed by atoms with Crippen LogP contribution in [0.4, 0.5) is 5.95 Å². The van der Waals surface area contributed by atoms with Gasteiger partial charge < -0.3 is 10.1 Å². The molecule has 0 fully saturated rings. The van der Waals surface area contributed by atoms with Crippen LogP contribution in [0.1, 0.15) is 50.5 Å². The Kier molecular flexibility index (Phi) is 3.82. The van der Waals surface area contributed by atoms with E-state index in [1.54, 1.807) is 0 Å².